The Morgan fingerprint density at radius 3 is 2.29 bits per heavy atom. The number of hydrogen-bond acceptors (Lipinski definition) is 7. The molecule has 13 heteroatoms. The molecule has 7 nitrogen and oxygen atoms in total. The van der Waals surface area contributed by atoms with Gasteiger partial charge in [-0.3, -0.25) is 9.10 Å². The van der Waals surface area contributed by atoms with E-state index in [9.17, 15) is 26.4 Å². The van der Waals surface area contributed by atoms with Crippen LogP contribution in [-0.2, 0) is 16.6 Å². The van der Waals surface area contributed by atoms with Crippen molar-refractivity contribution < 1.29 is 31.1 Å². The molecule has 198 valence electrons. The van der Waals surface area contributed by atoms with Crippen molar-refractivity contribution >= 4 is 53.6 Å². The first-order valence-electron chi connectivity index (χ1n) is 11.2. The Hall–Kier alpha value is -3.26. The fraction of sp³-hybridized carbons (Fsp3) is 0.160. The van der Waals surface area contributed by atoms with E-state index in [1.165, 1.54) is 39.9 Å². The van der Waals surface area contributed by atoms with Crippen molar-refractivity contribution in [3.63, 3.8) is 0 Å². The second-order valence-corrected chi connectivity index (χ2v) is 12.1. The lowest BCUT2D eigenvalue weighted by Gasteiger charge is -2.24. The normalized spacial score (nSPS) is 16.0. The van der Waals surface area contributed by atoms with Gasteiger partial charge in [-0.2, -0.15) is 0 Å². The van der Waals surface area contributed by atoms with Crippen LogP contribution in [0.15, 0.2) is 77.7 Å². The number of fused-ring (bicyclic) bond motifs is 1. The summed E-state index contributed by atoms with van der Waals surface area (Å²) >= 11 is 2.24. The highest BCUT2D eigenvalue weighted by molar-refractivity contribution is 8.12. The summed E-state index contributed by atoms with van der Waals surface area (Å²) in [7, 11) is -4.09. The number of thiophene rings is 1. The number of amides is 1. The Labute approximate surface area is 224 Å². The standard InChI is InChI=1S/C25H20F3N3O4S3/c1-15-20-4-2-3-5-21(20)36-23(15)31(14-16-6-10-18(11-7-16)35-25(26,27)28)38(33,34)19-12-8-17(9-13-19)22-29-24(32)37-30-22/h2-13,22,30H,14H2,1H3,(H,29,32). The molecular weight excluding hydrogens is 559 g/mol. The quantitative estimate of drug-likeness (QED) is 0.244. The fourth-order valence-electron chi connectivity index (χ4n) is 4.03. The molecular formula is C25H20F3N3O4S3. The zero-order chi connectivity index (χ0) is 27.1. The lowest BCUT2D eigenvalue weighted by atomic mass is 10.2. The maximum atomic E-state index is 14.0. The summed E-state index contributed by atoms with van der Waals surface area (Å²) in [5.74, 6) is -0.393. The average Bonchev–Trinajstić information content (AvgIpc) is 3.46. The molecule has 0 bridgehead atoms. The Kier molecular flexibility index (Phi) is 7.03. The lowest BCUT2D eigenvalue weighted by molar-refractivity contribution is -0.274. The third-order valence-electron chi connectivity index (χ3n) is 5.86. The predicted molar refractivity (Wildman–Crippen MR) is 141 cm³/mol. The number of sulfonamides is 1. The first kappa shape index (κ1) is 26.4. The summed E-state index contributed by atoms with van der Waals surface area (Å²) < 4.78 is 74.7. The molecule has 0 spiro atoms. The Morgan fingerprint density at radius 1 is 1.00 bits per heavy atom. The molecule has 1 aliphatic rings. The third-order valence-corrected chi connectivity index (χ3v) is 9.69. The summed E-state index contributed by atoms with van der Waals surface area (Å²) in [6.07, 6.45) is -5.27. The minimum Gasteiger partial charge on any atom is -0.406 e. The summed E-state index contributed by atoms with van der Waals surface area (Å²) in [6.45, 7) is 1.73. The molecule has 1 fully saturated rings. The second-order valence-electron chi connectivity index (χ2n) is 8.39. The van der Waals surface area contributed by atoms with Gasteiger partial charge in [0.2, 0.25) is 0 Å². The summed E-state index contributed by atoms with van der Waals surface area (Å²) in [5, 5.41) is 3.91. The van der Waals surface area contributed by atoms with Gasteiger partial charge in [0.25, 0.3) is 15.3 Å². The monoisotopic (exact) mass is 579 g/mol. The van der Waals surface area contributed by atoms with E-state index in [1.807, 2.05) is 31.2 Å². The van der Waals surface area contributed by atoms with E-state index in [0.717, 1.165) is 39.7 Å². The van der Waals surface area contributed by atoms with E-state index in [2.05, 4.69) is 14.8 Å². The molecule has 0 saturated carbocycles. The van der Waals surface area contributed by atoms with Crippen molar-refractivity contribution in [2.24, 2.45) is 0 Å². The highest BCUT2D eigenvalue weighted by atomic mass is 32.2. The number of halogens is 3. The molecule has 5 rings (SSSR count). The van der Waals surface area contributed by atoms with Gasteiger partial charge < -0.3 is 10.1 Å². The average molecular weight is 580 g/mol. The van der Waals surface area contributed by atoms with Gasteiger partial charge in [-0.25, -0.2) is 13.1 Å². The molecule has 3 aromatic carbocycles. The van der Waals surface area contributed by atoms with Gasteiger partial charge in [-0.15, -0.1) is 24.5 Å². The second kappa shape index (κ2) is 10.1. The van der Waals surface area contributed by atoms with Gasteiger partial charge >= 0.3 is 6.36 Å². The van der Waals surface area contributed by atoms with Crippen molar-refractivity contribution in [2.75, 3.05) is 4.31 Å². The van der Waals surface area contributed by atoms with Crippen LogP contribution >= 0.6 is 23.3 Å². The molecule has 2 heterocycles. The van der Waals surface area contributed by atoms with Crippen LogP contribution in [0, 0.1) is 6.92 Å². The van der Waals surface area contributed by atoms with Crippen LogP contribution in [0.25, 0.3) is 10.1 Å². The van der Waals surface area contributed by atoms with Crippen LogP contribution in [0.4, 0.5) is 23.0 Å². The first-order valence-corrected chi connectivity index (χ1v) is 14.3. The minimum atomic E-state index is -4.83. The fourth-order valence-corrected chi connectivity index (χ4v) is 7.55. The van der Waals surface area contributed by atoms with Crippen molar-refractivity contribution in [3.8, 4) is 5.75 Å². The number of nitrogens with one attached hydrogen (secondary N) is 2. The maximum absolute atomic E-state index is 14.0. The molecule has 1 saturated heterocycles. The van der Waals surface area contributed by atoms with Gasteiger partial charge in [0.15, 0.2) is 0 Å². The van der Waals surface area contributed by atoms with Gasteiger partial charge in [0.05, 0.1) is 11.4 Å². The smallest absolute Gasteiger partial charge is 0.406 e. The van der Waals surface area contributed by atoms with Gasteiger partial charge in [-0.05, 0) is 59.3 Å². The first-order chi connectivity index (χ1) is 18.0. The number of nitrogens with zero attached hydrogens (tertiary/aromatic N) is 1. The topological polar surface area (TPSA) is 87.7 Å². The molecule has 0 aliphatic carbocycles. The molecule has 1 aliphatic heterocycles. The van der Waals surface area contributed by atoms with Crippen LogP contribution in [0.1, 0.15) is 22.9 Å². The van der Waals surface area contributed by atoms with E-state index < -0.39 is 28.3 Å². The molecule has 1 aromatic heterocycles. The number of benzene rings is 3. The van der Waals surface area contributed by atoms with Gasteiger partial charge in [-0.1, -0.05) is 42.5 Å². The molecule has 1 unspecified atom stereocenters. The number of alkyl halides is 3. The number of aryl methyl sites for hydroxylation is 1. The van der Waals surface area contributed by atoms with E-state index in [0.29, 0.717) is 16.1 Å². The summed E-state index contributed by atoms with van der Waals surface area (Å²) in [6, 6.07) is 18.9. The van der Waals surface area contributed by atoms with Gasteiger partial charge in [0.1, 0.15) is 16.9 Å². The number of carbonyl (C=O) groups excluding carboxylic acids is 1. The van der Waals surface area contributed by atoms with E-state index >= 15 is 0 Å². The Morgan fingerprint density at radius 2 is 1.68 bits per heavy atom. The molecule has 0 radical (unpaired) electrons. The van der Waals surface area contributed by atoms with Crippen LogP contribution in [-0.4, -0.2) is 20.0 Å². The van der Waals surface area contributed by atoms with Crippen LogP contribution in [0.5, 0.6) is 5.75 Å². The molecule has 2 N–H and O–H groups in total. The van der Waals surface area contributed by atoms with E-state index in [1.54, 1.807) is 12.1 Å². The van der Waals surface area contributed by atoms with Crippen molar-refractivity contribution in [1.29, 1.82) is 0 Å². The number of rotatable bonds is 7. The number of carbonyl (C=O) groups is 1. The van der Waals surface area contributed by atoms with Crippen LogP contribution < -0.4 is 19.1 Å². The highest BCUT2D eigenvalue weighted by Gasteiger charge is 2.32. The number of anilines is 1. The lowest BCUT2D eigenvalue weighted by Crippen LogP contribution is -2.30. The van der Waals surface area contributed by atoms with Crippen molar-refractivity contribution in [2.45, 2.75) is 30.9 Å². The molecule has 4 aromatic rings. The number of hydrogen-bond donors (Lipinski definition) is 2. The van der Waals surface area contributed by atoms with E-state index in [4.69, 9.17) is 0 Å². The minimum absolute atomic E-state index is 0.0344. The highest BCUT2D eigenvalue weighted by Crippen LogP contribution is 2.41. The Balaban J connectivity index is 1.52. The Bertz CT molecular complexity index is 1590. The zero-order valence-corrected chi connectivity index (χ0v) is 22.1. The summed E-state index contributed by atoms with van der Waals surface area (Å²) in [5.41, 5.74) is 1.94. The largest absolute Gasteiger partial charge is 0.573 e. The van der Waals surface area contributed by atoms with Crippen LogP contribution in [0.3, 0.4) is 0 Å². The van der Waals surface area contributed by atoms with Crippen molar-refractivity contribution in [1.82, 2.24) is 10.0 Å². The molecule has 38 heavy (non-hydrogen) atoms. The molecule has 1 amide bonds. The summed E-state index contributed by atoms with van der Waals surface area (Å²) in [4.78, 5) is 11.5. The zero-order valence-electron chi connectivity index (χ0n) is 19.7. The molecule has 1 atom stereocenters. The third kappa shape index (κ3) is 5.46. The maximum Gasteiger partial charge on any atom is 0.573 e. The van der Waals surface area contributed by atoms with Gasteiger partial charge in [0, 0.05) is 16.6 Å². The van der Waals surface area contributed by atoms with E-state index in [-0.39, 0.29) is 16.7 Å². The number of ether oxygens (including phenoxy) is 1. The van der Waals surface area contributed by atoms with Crippen molar-refractivity contribution in [3.05, 3.63) is 89.5 Å². The van der Waals surface area contributed by atoms with Crippen LogP contribution in [0.2, 0.25) is 0 Å². The SMILES string of the molecule is Cc1c(N(Cc2ccc(OC(F)(F)F)cc2)S(=O)(=O)c2ccc(C3NSC(=O)N3)cc2)sc2ccccc12. The predicted octanol–water partition coefficient (Wildman–Crippen LogP) is 6.46.